The average Bonchev–Trinajstić information content (AvgIpc) is 3.11. The highest BCUT2D eigenvalue weighted by molar-refractivity contribution is 7.92. The van der Waals surface area contributed by atoms with Crippen molar-refractivity contribution in [3.63, 3.8) is 0 Å². The third kappa shape index (κ3) is 2.38. The first-order valence-corrected chi connectivity index (χ1v) is 8.27. The average molecular weight is 349 g/mol. The largest absolute Gasteiger partial charge is 0.443 e. The Morgan fingerprint density at radius 3 is 2.62 bits per heavy atom. The van der Waals surface area contributed by atoms with E-state index >= 15 is 0 Å². The van der Waals surface area contributed by atoms with Crippen molar-refractivity contribution in [2.24, 2.45) is 0 Å². The lowest BCUT2D eigenvalue weighted by molar-refractivity contribution is 0.484. The minimum atomic E-state index is -4.04. The van der Waals surface area contributed by atoms with Crippen LogP contribution >= 0.6 is 0 Å². The van der Waals surface area contributed by atoms with Gasteiger partial charge in [-0.25, -0.2) is 18.5 Å². The Morgan fingerprint density at radius 2 is 1.83 bits per heavy atom. The van der Waals surface area contributed by atoms with E-state index in [1.54, 1.807) is 24.3 Å². The van der Waals surface area contributed by atoms with Crippen molar-refractivity contribution < 1.29 is 21.6 Å². The summed E-state index contributed by atoms with van der Waals surface area (Å²) in [5.74, 6) is -2.30. The van der Waals surface area contributed by atoms with Gasteiger partial charge >= 0.3 is 0 Å². The second kappa shape index (κ2) is 5.03. The van der Waals surface area contributed by atoms with Gasteiger partial charge in [0.1, 0.15) is 5.58 Å². The maximum atomic E-state index is 13.2. The summed E-state index contributed by atoms with van der Waals surface area (Å²) in [4.78, 5) is 6.46. The standard InChI is InChI=1S/C15H9F2N3O3S/c16-9-6-11-12(7-10(9)17)19-15(18-11)20-24(21,22)14-5-8-3-1-2-4-13(8)23-14/h1-7H,(H2,18,19,20). The molecule has 0 radical (unpaired) electrons. The molecule has 122 valence electrons. The quantitative estimate of drug-likeness (QED) is 0.593. The fraction of sp³-hybridized carbons (Fsp3) is 0. The van der Waals surface area contributed by atoms with Crippen molar-refractivity contribution in [2.45, 2.75) is 5.09 Å². The van der Waals surface area contributed by atoms with Gasteiger partial charge in [0, 0.05) is 23.6 Å². The van der Waals surface area contributed by atoms with E-state index in [9.17, 15) is 17.2 Å². The molecule has 2 N–H and O–H groups in total. The molecule has 0 fully saturated rings. The number of aromatic nitrogens is 2. The van der Waals surface area contributed by atoms with Crippen molar-refractivity contribution in [3.8, 4) is 0 Å². The van der Waals surface area contributed by atoms with Gasteiger partial charge in [0.25, 0.3) is 10.0 Å². The van der Waals surface area contributed by atoms with Gasteiger partial charge in [0.05, 0.1) is 11.0 Å². The van der Waals surface area contributed by atoms with Gasteiger partial charge in [0.2, 0.25) is 11.0 Å². The van der Waals surface area contributed by atoms with Crippen LogP contribution in [0.4, 0.5) is 14.7 Å². The van der Waals surface area contributed by atoms with Crippen LogP contribution in [0.15, 0.2) is 52.0 Å². The molecular formula is C15H9F2N3O3S. The molecule has 2 aromatic heterocycles. The minimum absolute atomic E-state index is 0.0937. The zero-order valence-corrected chi connectivity index (χ0v) is 12.7. The summed E-state index contributed by atoms with van der Waals surface area (Å²) in [7, 11) is -4.04. The van der Waals surface area contributed by atoms with E-state index in [4.69, 9.17) is 4.42 Å². The Hall–Kier alpha value is -2.94. The van der Waals surface area contributed by atoms with E-state index < -0.39 is 21.7 Å². The van der Waals surface area contributed by atoms with E-state index in [2.05, 4.69) is 14.7 Å². The molecule has 0 atom stereocenters. The zero-order chi connectivity index (χ0) is 16.9. The number of hydrogen-bond acceptors (Lipinski definition) is 4. The van der Waals surface area contributed by atoms with Crippen LogP contribution in [-0.2, 0) is 10.0 Å². The Bertz CT molecular complexity index is 1110. The number of anilines is 1. The predicted octanol–water partition coefficient (Wildman–Crippen LogP) is 3.39. The summed E-state index contributed by atoms with van der Waals surface area (Å²) in [5, 5.41) is 0.341. The molecule has 0 saturated carbocycles. The fourth-order valence-corrected chi connectivity index (χ4v) is 3.25. The van der Waals surface area contributed by atoms with Crippen molar-refractivity contribution >= 4 is 38.0 Å². The molecule has 0 aliphatic heterocycles. The number of H-pyrrole nitrogens is 1. The van der Waals surface area contributed by atoms with Gasteiger partial charge in [-0.15, -0.1) is 0 Å². The molecule has 0 amide bonds. The Morgan fingerprint density at radius 1 is 1.08 bits per heavy atom. The van der Waals surface area contributed by atoms with Gasteiger partial charge in [0.15, 0.2) is 11.6 Å². The van der Waals surface area contributed by atoms with Gasteiger partial charge < -0.3 is 9.40 Å². The van der Waals surface area contributed by atoms with E-state index in [1.807, 2.05) is 0 Å². The number of rotatable bonds is 3. The summed E-state index contributed by atoms with van der Waals surface area (Å²) in [6.07, 6.45) is 0. The number of furan rings is 1. The second-order valence-electron chi connectivity index (χ2n) is 5.08. The molecular weight excluding hydrogens is 340 g/mol. The molecule has 0 saturated heterocycles. The Balaban J connectivity index is 1.73. The number of para-hydroxylation sites is 1. The number of imidazole rings is 1. The molecule has 2 heterocycles. The summed E-state index contributed by atoms with van der Waals surface area (Å²) in [6, 6.07) is 9.98. The SMILES string of the molecule is O=S(=O)(Nc1nc2cc(F)c(F)cc2[nH]1)c1cc2ccccc2o1. The van der Waals surface area contributed by atoms with Gasteiger partial charge in [-0.2, -0.15) is 8.42 Å². The van der Waals surface area contributed by atoms with E-state index in [0.717, 1.165) is 12.1 Å². The fourth-order valence-electron chi connectivity index (χ4n) is 2.32. The number of fused-ring (bicyclic) bond motifs is 2. The maximum absolute atomic E-state index is 13.2. The highest BCUT2D eigenvalue weighted by Gasteiger charge is 2.21. The third-order valence-corrected chi connectivity index (χ3v) is 4.62. The highest BCUT2D eigenvalue weighted by atomic mass is 32.2. The number of aromatic amines is 1. The van der Waals surface area contributed by atoms with Gasteiger partial charge in [-0.05, 0) is 6.07 Å². The van der Waals surface area contributed by atoms with Crippen LogP contribution in [0.2, 0.25) is 0 Å². The summed E-state index contributed by atoms with van der Waals surface area (Å²) < 4.78 is 58.6. The smallest absolute Gasteiger partial charge is 0.297 e. The van der Waals surface area contributed by atoms with Crippen LogP contribution < -0.4 is 4.72 Å². The van der Waals surface area contributed by atoms with Crippen LogP contribution in [0.1, 0.15) is 0 Å². The lowest BCUT2D eigenvalue weighted by Gasteiger charge is -2.00. The zero-order valence-electron chi connectivity index (χ0n) is 11.9. The van der Waals surface area contributed by atoms with Gasteiger partial charge in [-0.3, -0.25) is 0 Å². The molecule has 9 heteroatoms. The van der Waals surface area contributed by atoms with Crippen molar-refractivity contribution in [3.05, 3.63) is 54.1 Å². The minimum Gasteiger partial charge on any atom is -0.443 e. The lowest BCUT2D eigenvalue weighted by atomic mass is 10.3. The molecule has 0 bridgehead atoms. The summed E-state index contributed by atoms with van der Waals surface area (Å²) >= 11 is 0. The highest BCUT2D eigenvalue weighted by Crippen LogP contribution is 2.25. The van der Waals surface area contributed by atoms with Crippen LogP contribution in [0.25, 0.3) is 22.0 Å². The molecule has 6 nitrogen and oxygen atoms in total. The molecule has 0 spiro atoms. The monoisotopic (exact) mass is 349 g/mol. The second-order valence-corrected chi connectivity index (χ2v) is 6.69. The first-order chi connectivity index (χ1) is 11.4. The van der Waals surface area contributed by atoms with E-state index in [-0.39, 0.29) is 22.1 Å². The number of benzene rings is 2. The number of sulfonamides is 1. The number of halogens is 2. The van der Waals surface area contributed by atoms with Crippen LogP contribution in [-0.4, -0.2) is 18.4 Å². The summed E-state index contributed by atoms with van der Waals surface area (Å²) in [5.41, 5.74) is 0.680. The first kappa shape index (κ1) is 14.6. The first-order valence-electron chi connectivity index (χ1n) is 6.78. The predicted molar refractivity (Wildman–Crippen MR) is 83.0 cm³/mol. The Labute approximate surface area is 134 Å². The Kier molecular flexibility index (Phi) is 3.07. The van der Waals surface area contributed by atoms with Crippen LogP contribution in [0, 0.1) is 11.6 Å². The molecule has 4 rings (SSSR count). The summed E-state index contributed by atoms with van der Waals surface area (Å²) in [6.45, 7) is 0. The van der Waals surface area contributed by atoms with Crippen LogP contribution in [0.3, 0.4) is 0 Å². The molecule has 0 aliphatic rings. The number of nitrogens with zero attached hydrogens (tertiary/aromatic N) is 1. The molecule has 0 unspecified atom stereocenters. The van der Waals surface area contributed by atoms with Crippen LogP contribution in [0.5, 0.6) is 0 Å². The van der Waals surface area contributed by atoms with Crippen molar-refractivity contribution in [1.29, 1.82) is 0 Å². The maximum Gasteiger partial charge on any atom is 0.297 e. The van der Waals surface area contributed by atoms with Crippen molar-refractivity contribution in [1.82, 2.24) is 9.97 Å². The van der Waals surface area contributed by atoms with E-state index in [0.29, 0.717) is 11.0 Å². The third-order valence-electron chi connectivity index (χ3n) is 3.42. The number of nitrogens with one attached hydrogen (secondary N) is 2. The topological polar surface area (TPSA) is 88.0 Å². The molecule has 24 heavy (non-hydrogen) atoms. The van der Waals surface area contributed by atoms with Crippen molar-refractivity contribution in [2.75, 3.05) is 4.72 Å². The molecule has 2 aromatic carbocycles. The molecule has 0 aliphatic carbocycles. The van der Waals surface area contributed by atoms with E-state index in [1.165, 1.54) is 6.07 Å². The van der Waals surface area contributed by atoms with Gasteiger partial charge in [-0.1, -0.05) is 18.2 Å². The molecule has 4 aromatic rings. The lowest BCUT2D eigenvalue weighted by Crippen LogP contribution is -2.13. The number of hydrogen-bond donors (Lipinski definition) is 2. The normalized spacial score (nSPS) is 12.1.